The number of rotatable bonds is 3. The van der Waals surface area contributed by atoms with Crippen LogP contribution in [0.15, 0.2) is 18.2 Å². The minimum Gasteiger partial charge on any atom is -0.381 e. The first-order valence-electron chi connectivity index (χ1n) is 6.40. The van der Waals surface area contributed by atoms with Crippen molar-refractivity contribution in [2.24, 2.45) is 11.1 Å². The van der Waals surface area contributed by atoms with E-state index < -0.39 is 5.41 Å². The van der Waals surface area contributed by atoms with Gasteiger partial charge in [0.25, 0.3) is 0 Å². The SMILES string of the molecule is N#Cc1cc(NC(=O)C2(CN)CCOCC2)ccc1Cl. The van der Waals surface area contributed by atoms with Gasteiger partial charge < -0.3 is 15.8 Å². The summed E-state index contributed by atoms with van der Waals surface area (Å²) in [5.41, 5.74) is 6.07. The second-order valence-corrected chi connectivity index (χ2v) is 5.26. The van der Waals surface area contributed by atoms with Crippen LogP contribution in [0.2, 0.25) is 5.02 Å². The molecule has 3 N–H and O–H groups in total. The molecule has 0 atom stereocenters. The molecule has 0 radical (unpaired) electrons. The van der Waals surface area contributed by atoms with Crippen LogP contribution in [0.5, 0.6) is 0 Å². The van der Waals surface area contributed by atoms with Gasteiger partial charge in [-0.2, -0.15) is 5.26 Å². The van der Waals surface area contributed by atoms with Crippen molar-refractivity contribution in [1.29, 1.82) is 5.26 Å². The predicted octanol–water partition coefficient (Wildman–Crippen LogP) is 1.91. The minimum atomic E-state index is -0.593. The van der Waals surface area contributed by atoms with Gasteiger partial charge >= 0.3 is 0 Å². The Morgan fingerprint density at radius 1 is 1.50 bits per heavy atom. The Morgan fingerprint density at radius 3 is 2.80 bits per heavy atom. The Labute approximate surface area is 122 Å². The highest BCUT2D eigenvalue weighted by Gasteiger charge is 2.38. The summed E-state index contributed by atoms with van der Waals surface area (Å²) in [6.45, 7) is 1.35. The largest absolute Gasteiger partial charge is 0.381 e. The van der Waals surface area contributed by atoms with Crippen LogP contribution in [0, 0.1) is 16.7 Å². The number of nitrogens with one attached hydrogen (secondary N) is 1. The third-order valence-corrected chi connectivity index (χ3v) is 4.00. The summed E-state index contributed by atoms with van der Waals surface area (Å²) in [6, 6.07) is 6.81. The molecule has 0 saturated carbocycles. The van der Waals surface area contributed by atoms with Gasteiger partial charge in [0.05, 0.1) is 16.0 Å². The molecule has 0 aliphatic carbocycles. The molecule has 5 nitrogen and oxygen atoms in total. The lowest BCUT2D eigenvalue weighted by atomic mass is 9.79. The number of hydrogen-bond acceptors (Lipinski definition) is 4. The third-order valence-electron chi connectivity index (χ3n) is 3.67. The third kappa shape index (κ3) is 2.93. The number of ether oxygens (including phenoxy) is 1. The molecule has 1 saturated heterocycles. The average Bonchev–Trinajstić information content (AvgIpc) is 2.49. The summed E-state index contributed by atoms with van der Waals surface area (Å²) >= 11 is 5.86. The Morgan fingerprint density at radius 2 is 2.20 bits per heavy atom. The van der Waals surface area contributed by atoms with E-state index in [9.17, 15) is 4.79 Å². The molecule has 1 heterocycles. The molecule has 1 aromatic carbocycles. The van der Waals surface area contributed by atoms with Gasteiger partial charge in [-0.3, -0.25) is 4.79 Å². The Hall–Kier alpha value is -1.61. The Bertz CT molecular complexity index is 548. The van der Waals surface area contributed by atoms with E-state index in [1.807, 2.05) is 6.07 Å². The van der Waals surface area contributed by atoms with Crippen LogP contribution in [0.4, 0.5) is 5.69 Å². The number of carbonyl (C=O) groups is 1. The number of nitrogens with zero attached hydrogens (tertiary/aromatic N) is 1. The van der Waals surface area contributed by atoms with E-state index in [-0.39, 0.29) is 12.5 Å². The van der Waals surface area contributed by atoms with Gasteiger partial charge in [0.2, 0.25) is 5.91 Å². The summed E-state index contributed by atoms with van der Waals surface area (Å²) in [6.07, 6.45) is 1.21. The summed E-state index contributed by atoms with van der Waals surface area (Å²) < 4.78 is 5.28. The maximum absolute atomic E-state index is 12.4. The number of nitrogens with two attached hydrogens (primary N) is 1. The molecule has 1 amide bonds. The van der Waals surface area contributed by atoms with Crippen LogP contribution < -0.4 is 11.1 Å². The first-order chi connectivity index (χ1) is 9.61. The summed E-state index contributed by atoms with van der Waals surface area (Å²) in [4.78, 5) is 12.4. The van der Waals surface area contributed by atoms with E-state index >= 15 is 0 Å². The molecule has 106 valence electrons. The van der Waals surface area contributed by atoms with Crippen LogP contribution >= 0.6 is 11.6 Å². The summed E-state index contributed by atoms with van der Waals surface area (Å²) in [5, 5.41) is 12.1. The van der Waals surface area contributed by atoms with Crippen LogP contribution in [0.3, 0.4) is 0 Å². The molecule has 2 rings (SSSR count). The number of carbonyl (C=O) groups excluding carboxylic acids is 1. The monoisotopic (exact) mass is 293 g/mol. The fourth-order valence-corrected chi connectivity index (χ4v) is 2.40. The van der Waals surface area contributed by atoms with Crippen molar-refractivity contribution >= 4 is 23.2 Å². The number of benzene rings is 1. The van der Waals surface area contributed by atoms with E-state index in [4.69, 9.17) is 27.3 Å². The molecule has 1 aromatic rings. The van der Waals surface area contributed by atoms with Crippen LogP contribution in [-0.4, -0.2) is 25.7 Å². The zero-order valence-corrected chi connectivity index (χ0v) is 11.7. The molecule has 0 bridgehead atoms. The zero-order chi connectivity index (χ0) is 14.6. The van der Waals surface area contributed by atoms with E-state index in [2.05, 4.69) is 5.32 Å². The van der Waals surface area contributed by atoms with Crippen molar-refractivity contribution in [2.75, 3.05) is 25.1 Å². The topological polar surface area (TPSA) is 88.1 Å². The maximum Gasteiger partial charge on any atom is 0.232 e. The van der Waals surface area contributed by atoms with Crippen LogP contribution in [0.1, 0.15) is 18.4 Å². The Balaban J connectivity index is 2.16. The van der Waals surface area contributed by atoms with Gasteiger partial charge in [0.1, 0.15) is 6.07 Å². The fraction of sp³-hybridized carbons (Fsp3) is 0.429. The van der Waals surface area contributed by atoms with E-state index in [1.54, 1.807) is 18.2 Å². The first kappa shape index (κ1) is 14.8. The molecular weight excluding hydrogens is 278 g/mol. The van der Waals surface area contributed by atoms with Crippen molar-refractivity contribution in [3.63, 3.8) is 0 Å². The highest BCUT2D eigenvalue weighted by Crippen LogP contribution is 2.31. The van der Waals surface area contributed by atoms with Gasteiger partial charge in [-0.05, 0) is 31.0 Å². The first-order valence-corrected chi connectivity index (χ1v) is 6.78. The smallest absolute Gasteiger partial charge is 0.232 e. The van der Waals surface area contributed by atoms with Gasteiger partial charge in [0.15, 0.2) is 0 Å². The lowest BCUT2D eigenvalue weighted by molar-refractivity contribution is -0.130. The van der Waals surface area contributed by atoms with Crippen molar-refractivity contribution in [3.8, 4) is 6.07 Å². The van der Waals surface area contributed by atoms with E-state index in [0.717, 1.165) is 0 Å². The van der Waals surface area contributed by atoms with Gasteiger partial charge in [-0.15, -0.1) is 0 Å². The molecule has 0 spiro atoms. The molecule has 1 aliphatic heterocycles. The van der Waals surface area contributed by atoms with Crippen LogP contribution in [0.25, 0.3) is 0 Å². The second-order valence-electron chi connectivity index (χ2n) is 4.86. The summed E-state index contributed by atoms with van der Waals surface area (Å²) in [7, 11) is 0. The molecule has 1 aliphatic rings. The predicted molar refractivity (Wildman–Crippen MR) is 76.3 cm³/mol. The number of nitriles is 1. The Kier molecular flexibility index (Phi) is 4.61. The van der Waals surface area contributed by atoms with Crippen molar-refractivity contribution in [1.82, 2.24) is 0 Å². The lowest BCUT2D eigenvalue weighted by Crippen LogP contribution is -2.46. The van der Waals surface area contributed by atoms with Crippen molar-refractivity contribution in [3.05, 3.63) is 28.8 Å². The number of anilines is 1. The van der Waals surface area contributed by atoms with Crippen molar-refractivity contribution < 1.29 is 9.53 Å². The quantitative estimate of drug-likeness (QED) is 0.891. The van der Waals surface area contributed by atoms with E-state index in [0.29, 0.717) is 42.3 Å². The standard InChI is InChI=1S/C14H16ClN3O2/c15-12-2-1-11(7-10(12)8-16)18-13(19)14(9-17)3-5-20-6-4-14/h1-2,7H,3-6,9,17H2,(H,18,19). The fourth-order valence-electron chi connectivity index (χ4n) is 2.24. The number of amides is 1. The molecule has 0 aromatic heterocycles. The highest BCUT2D eigenvalue weighted by atomic mass is 35.5. The number of halogens is 1. The van der Waals surface area contributed by atoms with Crippen LogP contribution in [-0.2, 0) is 9.53 Å². The molecule has 6 heteroatoms. The molecule has 0 unspecified atom stereocenters. The van der Waals surface area contributed by atoms with Crippen molar-refractivity contribution in [2.45, 2.75) is 12.8 Å². The average molecular weight is 294 g/mol. The van der Waals surface area contributed by atoms with Gasteiger partial charge in [-0.25, -0.2) is 0 Å². The van der Waals surface area contributed by atoms with Gasteiger partial charge in [-0.1, -0.05) is 11.6 Å². The summed E-state index contributed by atoms with van der Waals surface area (Å²) in [5.74, 6) is -0.130. The molecular formula is C14H16ClN3O2. The second kappa shape index (κ2) is 6.23. The zero-order valence-electron chi connectivity index (χ0n) is 11.0. The lowest BCUT2D eigenvalue weighted by Gasteiger charge is -2.34. The number of hydrogen-bond donors (Lipinski definition) is 2. The minimum absolute atomic E-state index is 0.130. The van der Waals surface area contributed by atoms with E-state index in [1.165, 1.54) is 0 Å². The normalized spacial score (nSPS) is 17.2. The molecule has 1 fully saturated rings. The highest BCUT2D eigenvalue weighted by molar-refractivity contribution is 6.31. The maximum atomic E-state index is 12.4. The molecule has 20 heavy (non-hydrogen) atoms. The van der Waals surface area contributed by atoms with Gasteiger partial charge in [0, 0.05) is 25.4 Å².